The van der Waals surface area contributed by atoms with Crippen molar-refractivity contribution < 1.29 is 4.74 Å². The highest BCUT2D eigenvalue weighted by atomic mass is 16.5. The van der Waals surface area contributed by atoms with Gasteiger partial charge in [0.25, 0.3) is 0 Å². The van der Waals surface area contributed by atoms with E-state index in [9.17, 15) is 5.26 Å². The lowest BCUT2D eigenvalue weighted by molar-refractivity contribution is 0.302. The van der Waals surface area contributed by atoms with E-state index >= 15 is 0 Å². The van der Waals surface area contributed by atoms with Gasteiger partial charge in [-0.25, -0.2) is 0 Å². The van der Waals surface area contributed by atoms with E-state index in [-0.39, 0.29) is 0 Å². The molecule has 0 saturated carbocycles. The number of para-hydroxylation sites is 2. The van der Waals surface area contributed by atoms with Crippen molar-refractivity contribution in [2.45, 2.75) is 45.4 Å². The SMILES string of the molecule is CCc1cc(CN2CCC(N3CNc4ccccc43)CC2=NC#N)ccc1OCc1ccccc1. The molecule has 6 nitrogen and oxygen atoms in total. The summed E-state index contributed by atoms with van der Waals surface area (Å²) in [6.07, 6.45) is 4.74. The number of aryl methyl sites for hydroxylation is 1. The lowest BCUT2D eigenvalue weighted by Crippen LogP contribution is -2.47. The highest BCUT2D eigenvalue weighted by Gasteiger charge is 2.32. The summed E-state index contributed by atoms with van der Waals surface area (Å²) in [5.41, 5.74) is 5.99. The maximum Gasteiger partial charge on any atom is 0.207 e. The summed E-state index contributed by atoms with van der Waals surface area (Å²) >= 11 is 0. The summed E-state index contributed by atoms with van der Waals surface area (Å²) in [5.74, 6) is 1.81. The minimum absolute atomic E-state index is 0.328. The molecule has 1 atom stereocenters. The van der Waals surface area contributed by atoms with Crippen LogP contribution >= 0.6 is 0 Å². The molecule has 0 bridgehead atoms. The lowest BCUT2D eigenvalue weighted by atomic mass is 10.00. The zero-order valence-corrected chi connectivity index (χ0v) is 20.2. The van der Waals surface area contributed by atoms with Crippen molar-refractivity contribution >= 4 is 17.2 Å². The Morgan fingerprint density at radius 2 is 1.89 bits per heavy atom. The molecule has 0 aromatic heterocycles. The van der Waals surface area contributed by atoms with Gasteiger partial charge in [0.1, 0.15) is 18.2 Å². The molecule has 3 aromatic carbocycles. The summed E-state index contributed by atoms with van der Waals surface area (Å²) in [5, 5.41) is 12.9. The second kappa shape index (κ2) is 10.5. The van der Waals surface area contributed by atoms with Gasteiger partial charge >= 0.3 is 0 Å². The quantitative estimate of drug-likeness (QED) is 0.463. The molecule has 1 unspecified atom stereocenters. The maximum atomic E-state index is 9.38. The van der Waals surface area contributed by atoms with Crippen molar-refractivity contribution in [2.75, 3.05) is 23.4 Å². The Morgan fingerprint density at radius 1 is 1.06 bits per heavy atom. The molecule has 0 amide bonds. The van der Waals surface area contributed by atoms with Gasteiger partial charge in [0.15, 0.2) is 0 Å². The van der Waals surface area contributed by atoms with Gasteiger partial charge in [-0.1, -0.05) is 61.5 Å². The number of aliphatic imine (C=N–C) groups is 1. The first-order chi connectivity index (χ1) is 17.2. The third kappa shape index (κ3) is 5.09. The van der Waals surface area contributed by atoms with Crippen molar-refractivity contribution in [1.82, 2.24) is 4.90 Å². The predicted molar refractivity (Wildman–Crippen MR) is 140 cm³/mol. The Balaban J connectivity index is 1.26. The molecule has 2 heterocycles. The molecule has 1 fully saturated rings. The van der Waals surface area contributed by atoms with Crippen molar-refractivity contribution in [2.24, 2.45) is 4.99 Å². The molecule has 0 spiro atoms. The third-order valence-corrected chi connectivity index (χ3v) is 6.91. The predicted octanol–water partition coefficient (Wildman–Crippen LogP) is 5.56. The number of benzene rings is 3. The number of rotatable bonds is 7. The Bertz CT molecular complexity index is 1230. The van der Waals surface area contributed by atoms with E-state index in [4.69, 9.17) is 4.74 Å². The standard InChI is InChI=1S/C29H31N5O/c1-2-24-16-23(12-13-28(24)35-19-22-8-4-3-5-9-22)18-33-15-14-25(17-29(33)31-20-30)34-21-32-26-10-6-7-11-27(26)34/h3-13,16,25,32H,2,14-15,17-19,21H2,1H3. The number of nitriles is 1. The molecule has 6 heteroatoms. The number of fused-ring (bicyclic) bond motifs is 1. The van der Waals surface area contributed by atoms with E-state index in [1.54, 1.807) is 0 Å². The van der Waals surface area contributed by atoms with Gasteiger partial charge in [0.05, 0.1) is 18.0 Å². The van der Waals surface area contributed by atoms with Gasteiger partial charge in [-0.3, -0.25) is 0 Å². The summed E-state index contributed by atoms with van der Waals surface area (Å²) < 4.78 is 6.13. The van der Waals surface area contributed by atoms with E-state index < -0.39 is 0 Å². The maximum absolute atomic E-state index is 9.38. The van der Waals surface area contributed by atoms with Crippen molar-refractivity contribution in [3.05, 3.63) is 89.5 Å². The molecule has 35 heavy (non-hydrogen) atoms. The molecule has 0 radical (unpaired) electrons. The van der Waals surface area contributed by atoms with Crippen molar-refractivity contribution in [3.63, 3.8) is 0 Å². The largest absolute Gasteiger partial charge is 0.489 e. The van der Waals surface area contributed by atoms with Crippen LogP contribution in [0.1, 0.15) is 36.5 Å². The van der Waals surface area contributed by atoms with Crippen LogP contribution in [0.25, 0.3) is 0 Å². The molecular formula is C29H31N5O. The Labute approximate surface area is 207 Å². The fraction of sp³-hybridized carbons (Fsp3) is 0.310. The number of amidine groups is 1. The van der Waals surface area contributed by atoms with Crippen LogP contribution in [0.3, 0.4) is 0 Å². The summed E-state index contributed by atoms with van der Waals surface area (Å²) in [6.45, 7) is 5.14. The van der Waals surface area contributed by atoms with Gasteiger partial charge in [0.2, 0.25) is 6.19 Å². The van der Waals surface area contributed by atoms with Gasteiger partial charge in [0, 0.05) is 25.6 Å². The smallest absolute Gasteiger partial charge is 0.207 e. The van der Waals surface area contributed by atoms with E-state index in [1.807, 2.05) is 24.4 Å². The summed E-state index contributed by atoms with van der Waals surface area (Å²) in [7, 11) is 0. The van der Waals surface area contributed by atoms with Crippen molar-refractivity contribution in [1.29, 1.82) is 5.26 Å². The van der Waals surface area contributed by atoms with Crippen LogP contribution in [0.15, 0.2) is 77.8 Å². The second-order valence-electron chi connectivity index (χ2n) is 9.09. The van der Waals surface area contributed by atoms with Gasteiger partial charge in [-0.15, -0.1) is 0 Å². The Hall–Kier alpha value is -3.98. The van der Waals surface area contributed by atoms with Crippen LogP contribution < -0.4 is 15.0 Å². The van der Waals surface area contributed by atoms with Gasteiger partial charge in [-0.2, -0.15) is 10.3 Å². The minimum atomic E-state index is 0.328. The van der Waals surface area contributed by atoms with Crippen LogP contribution in [0, 0.1) is 11.5 Å². The average molecular weight is 466 g/mol. The number of hydrogen-bond acceptors (Lipinski definition) is 5. The third-order valence-electron chi connectivity index (χ3n) is 6.91. The number of nitrogens with zero attached hydrogens (tertiary/aromatic N) is 4. The fourth-order valence-corrected chi connectivity index (χ4v) is 5.05. The van der Waals surface area contributed by atoms with Crippen LogP contribution in [-0.4, -0.2) is 30.0 Å². The highest BCUT2D eigenvalue weighted by molar-refractivity contribution is 5.86. The van der Waals surface area contributed by atoms with Crippen LogP contribution in [-0.2, 0) is 19.6 Å². The zero-order chi connectivity index (χ0) is 24.0. The first-order valence-corrected chi connectivity index (χ1v) is 12.3. The monoisotopic (exact) mass is 465 g/mol. The molecule has 1 N–H and O–H groups in total. The Morgan fingerprint density at radius 3 is 2.71 bits per heavy atom. The van der Waals surface area contributed by atoms with Crippen LogP contribution in [0.5, 0.6) is 5.75 Å². The summed E-state index contributed by atoms with van der Waals surface area (Å²) in [6, 6.07) is 25.4. The molecule has 1 saturated heterocycles. The molecule has 2 aliphatic heterocycles. The van der Waals surface area contributed by atoms with E-state index in [0.29, 0.717) is 12.6 Å². The van der Waals surface area contributed by atoms with Crippen LogP contribution in [0.2, 0.25) is 0 Å². The molecule has 178 valence electrons. The second-order valence-corrected chi connectivity index (χ2v) is 9.09. The number of anilines is 2. The Kier molecular flexibility index (Phi) is 6.85. The number of piperidine rings is 1. The van der Waals surface area contributed by atoms with Crippen molar-refractivity contribution in [3.8, 4) is 11.9 Å². The van der Waals surface area contributed by atoms with E-state index in [0.717, 1.165) is 56.2 Å². The lowest BCUT2D eigenvalue weighted by Gasteiger charge is -2.39. The van der Waals surface area contributed by atoms with Gasteiger partial charge < -0.3 is 19.9 Å². The molecule has 2 aliphatic rings. The average Bonchev–Trinajstić information content (AvgIpc) is 3.34. The zero-order valence-electron chi connectivity index (χ0n) is 20.2. The van der Waals surface area contributed by atoms with E-state index in [1.165, 1.54) is 22.5 Å². The van der Waals surface area contributed by atoms with Gasteiger partial charge in [-0.05, 0) is 47.7 Å². The first kappa shape index (κ1) is 22.8. The number of likely N-dealkylation sites (tertiary alicyclic amines) is 1. The number of hydrogen-bond donors (Lipinski definition) is 1. The van der Waals surface area contributed by atoms with Crippen LogP contribution in [0.4, 0.5) is 11.4 Å². The molecule has 3 aromatic rings. The number of ether oxygens (including phenoxy) is 1. The molecule has 0 aliphatic carbocycles. The minimum Gasteiger partial charge on any atom is -0.489 e. The first-order valence-electron chi connectivity index (χ1n) is 12.3. The topological polar surface area (TPSA) is 63.9 Å². The molecule has 5 rings (SSSR count). The molecular weight excluding hydrogens is 434 g/mol. The normalized spacial score (nSPS) is 18.2. The fourth-order valence-electron chi connectivity index (χ4n) is 5.05. The highest BCUT2D eigenvalue weighted by Crippen LogP contribution is 2.35. The van der Waals surface area contributed by atoms with E-state index in [2.05, 4.69) is 81.6 Å². The summed E-state index contributed by atoms with van der Waals surface area (Å²) in [4.78, 5) is 8.91. The number of nitrogens with one attached hydrogen (secondary N) is 1.